The summed E-state index contributed by atoms with van der Waals surface area (Å²) in [6.45, 7) is 1.63. The number of rotatable bonds is 5. The Labute approximate surface area is 120 Å². The second-order valence-corrected chi connectivity index (χ2v) is 6.94. The Morgan fingerprint density at radius 2 is 2.11 bits per heavy atom. The molecule has 0 radical (unpaired) electrons. The number of hydrogen-bond acceptors (Lipinski definition) is 3. The average Bonchev–Trinajstić information content (AvgIpc) is 2.32. The van der Waals surface area contributed by atoms with Gasteiger partial charge in [-0.05, 0) is 31.0 Å². The molecule has 6 heteroatoms. The lowest BCUT2D eigenvalue weighted by Gasteiger charge is -2.10. The highest BCUT2D eigenvalue weighted by Gasteiger charge is 2.20. The minimum absolute atomic E-state index is 0.0382. The standard InChI is InChI=1S/C13H13BrO4S/c1-3-4-5-6-19(17,18)12-8-10(13(15)16)7-11(14)9(12)2/h1,7-8H,4-6H2,2H3,(H,15,16). The number of hydrogen-bond donors (Lipinski definition) is 1. The maximum absolute atomic E-state index is 12.2. The zero-order valence-electron chi connectivity index (χ0n) is 10.3. The van der Waals surface area contributed by atoms with Gasteiger partial charge in [-0.15, -0.1) is 12.3 Å². The third-order valence-corrected chi connectivity index (χ3v) is 5.36. The lowest BCUT2D eigenvalue weighted by Crippen LogP contribution is -2.10. The van der Waals surface area contributed by atoms with Crippen molar-refractivity contribution in [3.05, 3.63) is 27.7 Å². The number of terminal acetylenes is 1. The Kier molecular flexibility index (Phi) is 5.15. The Hall–Kier alpha value is -1.32. The zero-order chi connectivity index (χ0) is 14.6. The average molecular weight is 345 g/mol. The van der Waals surface area contributed by atoms with Gasteiger partial charge in [-0.3, -0.25) is 0 Å². The Bertz CT molecular complexity index is 641. The van der Waals surface area contributed by atoms with Crippen LogP contribution in [0.15, 0.2) is 21.5 Å². The molecule has 0 unspecified atom stereocenters. The molecule has 0 spiro atoms. The van der Waals surface area contributed by atoms with Crippen LogP contribution in [-0.4, -0.2) is 25.2 Å². The van der Waals surface area contributed by atoms with Crippen molar-refractivity contribution in [3.8, 4) is 12.3 Å². The molecule has 0 bridgehead atoms. The fraction of sp³-hybridized carbons (Fsp3) is 0.308. The molecule has 1 aromatic carbocycles. The van der Waals surface area contributed by atoms with Crippen LogP contribution < -0.4 is 0 Å². The maximum atomic E-state index is 12.2. The molecule has 102 valence electrons. The molecule has 0 aliphatic rings. The zero-order valence-corrected chi connectivity index (χ0v) is 12.7. The Morgan fingerprint density at radius 3 is 2.63 bits per heavy atom. The molecule has 0 aromatic heterocycles. The minimum Gasteiger partial charge on any atom is -0.478 e. The molecule has 1 rings (SSSR count). The Morgan fingerprint density at radius 1 is 1.47 bits per heavy atom. The largest absolute Gasteiger partial charge is 0.478 e. The molecule has 0 atom stereocenters. The molecule has 0 fully saturated rings. The van der Waals surface area contributed by atoms with Gasteiger partial charge >= 0.3 is 5.97 Å². The van der Waals surface area contributed by atoms with Gasteiger partial charge in [0.25, 0.3) is 0 Å². The SMILES string of the molecule is C#CCCCS(=O)(=O)c1cc(C(=O)O)cc(Br)c1C. The minimum atomic E-state index is -3.53. The van der Waals surface area contributed by atoms with Crippen LogP contribution in [-0.2, 0) is 9.84 Å². The summed E-state index contributed by atoms with van der Waals surface area (Å²) in [7, 11) is -3.53. The summed E-state index contributed by atoms with van der Waals surface area (Å²) in [4.78, 5) is 11.0. The molecule has 0 aliphatic carbocycles. The van der Waals surface area contributed by atoms with Crippen molar-refractivity contribution in [2.45, 2.75) is 24.7 Å². The van der Waals surface area contributed by atoms with Crippen molar-refractivity contribution in [2.75, 3.05) is 5.75 Å². The van der Waals surface area contributed by atoms with Crippen LogP contribution in [0.2, 0.25) is 0 Å². The summed E-state index contributed by atoms with van der Waals surface area (Å²) in [6.07, 6.45) is 5.81. The van der Waals surface area contributed by atoms with Crippen molar-refractivity contribution in [3.63, 3.8) is 0 Å². The number of carboxylic acid groups (broad SMARTS) is 1. The fourth-order valence-electron chi connectivity index (χ4n) is 1.57. The molecule has 0 saturated heterocycles. The lowest BCUT2D eigenvalue weighted by atomic mass is 10.1. The summed E-state index contributed by atoms with van der Waals surface area (Å²) in [5.74, 6) is 1.12. The van der Waals surface area contributed by atoms with E-state index in [1.54, 1.807) is 6.92 Å². The van der Waals surface area contributed by atoms with Crippen LogP contribution in [0.4, 0.5) is 0 Å². The smallest absolute Gasteiger partial charge is 0.335 e. The maximum Gasteiger partial charge on any atom is 0.335 e. The second kappa shape index (κ2) is 6.22. The van der Waals surface area contributed by atoms with E-state index < -0.39 is 15.8 Å². The van der Waals surface area contributed by atoms with Crippen molar-refractivity contribution in [1.82, 2.24) is 0 Å². The van der Waals surface area contributed by atoms with E-state index >= 15 is 0 Å². The molecule has 1 N–H and O–H groups in total. The van der Waals surface area contributed by atoms with Crippen LogP contribution in [0.25, 0.3) is 0 Å². The number of halogens is 1. The van der Waals surface area contributed by atoms with Gasteiger partial charge in [0, 0.05) is 10.9 Å². The monoisotopic (exact) mass is 344 g/mol. The molecule has 0 aliphatic heterocycles. The first-order chi connectivity index (χ1) is 8.79. The van der Waals surface area contributed by atoms with E-state index in [-0.39, 0.29) is 16.2 Å². The van der Waals surface area contributed by atoms with Gasteiger partial charge < -0.3 is 5.11 Å². The number of sulfone groups is 1. The number of carbonyl (C=O) groups is 1. The molecule has 0 saturated carbocycles. The molecular weight excluding hydrogens is 332 g/mol. The normalized spacial score (nSPS) is 11.0. The molecule has 4 nitrogen and oxygen atoms in total. The highest BCUT2D eigenvalue weighted by Crippen LogP contribution is 2.27. The number of aromatic carboxylic acids is 1. The first-order valence-corrected chi connectivity index (χ1v) is 7.94. The van der Waals surface area contributed by atoms with Gasteiger partial charge in [-0.2, -0.15) is 0 Å². The molecular formula is C13H13BrO4S. The van der Waals surface area contributed by atoms with Gasteiger partial charge in [0.15, 0.2) is 9.84 Å². The van der Waals surface area contributed by atoms with Gasteiger partial charge in [0.05, 0.1) is 16.2 Å². The number of benzene rings is 1. The van der Waals surface area contributed by atoms with E-state index in [1.165, 1.54) is 12.1 Å². The first kappa shape index (κ1) is 15.7. The van der Waals surface area contributed by atoms with Crippen molar-refractivity contribution >= 4 is 31.7 Å². The topological polar surface area (TPSA) is 71.4 Å². The van der Waals surface area contributed by atoms with Crippen LogP contribution in [0, 0.1) is 19.3 Å². The third kappa shape index (κ3) is 3.82. The summed E-state index contributed by atoms with van der Waals surface area (Å²) in [6, 6.07) is 2.58. The Balaban J connectivity index is 3.26. The molecule has 19 heavy (non-hydrogen) atoms. The second-order valence-electron chi connectivity index (χ2n) is 4.01. The number of unbranched alkanes of at least 4 members (excludes halogenated alkanes) is 1. The summed E-state index contributed by atoms with van der Waals surface area (Å²) in [5, 5.41) is 8.96. The summed E-state index contributed by atoms with van der Waals surface area (Å²) >= 11 is 3.18. The van der Waals surface area contributed by atoms with Crippen LogP contribution in [0.5, 0.6) is 0 Å². The predicted molar refractivity (Wildman–Crippen MR) is 76.0 cm³/mol. The fourth-order valence-corrected chi connectivity index (χ4v) is 3.79. The summed E-state index contributed by atoms with van der Waals surface area (Å²) in [5.41, 5.74) is 0.443. The number of carboxylic acids is 1. The predicted octanol–water partition coefficient (Wildman–Crippen LogP) is 2.64. The molecule has 0 heterocycles. The highest BCUT2D eigenvalue weighted by atomic mass is 79.9. The first-order valence-electron chi connectivity index (χ1n) is 5.49. The van der Waals surface area contributed by atoms with E-state index in [0.717, 1.165) is 0 Å². The van der Waals surface area contributed by atoms with Gasteiger partial charge in [-0.25, -0.2) is 13.2 Å². The highest BCUT2D eigenvalue weighted by molar-refractivity contribution is 9.10. The third-order valence-electron chi connectivity index (χ3n) is 2.61. The van der Waals surface area contributed by atoms with E-state index in [4.69, 9.17) is 11.5 Å². The van der Waals surface area contributed by atoms with Gasteiger partial charge in [0.1, 0.15) is 0 Å². The van der Waals surface area contributed by atoms with Crippen molar-refractivity contribution in [2.24, 2.45) is 0 Å². The van der Waals surface area contributed by atoms with Crippen LogP contribution in [0.1, 0.15) is 28.8 Å². The van der Waals surface area contributed by atoms with Crippen molar-refractivity contribution in [1.29, 1.82) is 0 Å². The van der Waals surface area contributed by atoms with E-state index in [9.17, 15) is 13.2 Å². The van der Waals surface area contributed by atoms with Gasteiger partial charge in [0.2, 0.25) is 0 Å². The van der Waals surface area contributed by atoms with E-state index in [0.29, 0.717) is 22.9 Å². The van der Waals surface area contributed by atoms with Crippen LogP contribution in [0.3, 0.4) is 0 Å². The van der Waals surface area contributed by atoms with Crippen molar-refractivity contribution < 1.29 is 18.3 Å². The van der Waals surface area contributed by atoms with E-state index in [1.807, 2.05) is 0 Å². The van der Waals surface area contributed by atoms with Gasteiger partial charge in [-0.1, -0.05) is 15.9 Å². The quantitative estimate of drug-likeness (QED) is 0.658. The summed E-state index contributed by atoms with van der Waals surface area (Å²) < 4.78 is 24.8. The van der Waals surface area contributed by atoms with Crippen LogP contribution >= 0.6 is 15.9 Å². The molecule has 1 aromatic rings. The van der Waals surface area contributed by atoms with E-state index in [2.05, 4.69) is 21.9 Å². The molecule has 0 amide bonds. The lowest BCUT2D eigenvalue weighted by molar-refractivity contribution is 0.0696.